The van der Waals surface area contributed by atoms with Crippen molar-refractivity contribution in [1.82, 2.24) is 0 Å². The summed E-state index contributed by atoms with van der Waals surface area (Å²) in [5.74, 6) is 0.0940. The number of hydrogen-bond donors (Lipinski definition) is 1. The van der Waals surface area contributed by atoms with Gasteiger partial charge in [0, 0.05) is 12.1 Å². The zero-order valence-electron chi connectivity index (χ0n) is 9.27. The second-order valence-corrected chi connectivity index (χ2v) is 3.68. The highest BCUT2D eigenvalue weighted by Gasteiger charge is 2.20. The fraction of sp³-hybridized carbons (Fsp3) is 0.231. The summed E-state index contributed by atoms with van der Waals surface area (Å²) in [5, 5.41) is 11.7. The number of allylic oxidation sites excluding steroid dienone is 1. The number of carbonyl (C=O) groups is 1. The quantitative estimate of drug-likeness (QED) is 0.623. The molecule has 0 unspecified atom stereocenters. The first-order chi connectivity index (χ1) is 8.31. The van der Waals surface area contributed by atoms with E-state index in [4.69, 9.17) is 10.00 Å². The van der Waals surface area contributed by atoms with Gasteiger partial charge in [-0.1, -0.05) is 18.2 Å². The number of carbonyl (C=O) groups excluding carboxylic acids is 1. The van der Waals surface area contributed by atoms with Crippen LogP contribution in [-0.2, 0) is 9.53 Å². The molecule has 1 aromatic rings. The Bertz CT molecular complexity index is 478. The molecule has 1 fully saturated rings. The number of ether oxygens (including phenoxy) is 1. The van der Waals surface area contributed by atoms with Gasteiger partial charge in [-0.15, -0.1) is 0 Å². The van der Waals surface area contributed by atoms with E-state index < -0.39 is 5.91 Å². The van der Waals surface area contributed by atoms with Crippen molar-refractivity contribution in [2.75, 3.05) is 11.9 Å². The van der Waals surface area contributed by atoms with Crippen LogP contribution in [0.2, 0.25) is 0 Å². The van der Waals surface area contributed by atoms with Gasteiger partial charge in [-0.2, -0.15) is 5.26 Å². The molecule has 17 heavy (non-hydrogen) atoms. The van der Waals surface area contributed by atoms with Gasteiger partial charge in [0.2, 0.25) is 0 Å². The molecule has 4 nitrogen and oxygen atoms in total. The summed E-state index contributed by atoms with van der Waals surface area (Å²) >= 11 is 0. The Balaban J connectivity index is 2.15. The van der Waals surface area contributed by atoms with Crippen LogP contribution in [0.1, 0.15) is 12.8 Å². The van der Waals surface area contributed by atoms with Gasteiger partial charge in [-0.25, -0.2) is 0 Å². The SMILES string of the molecule is N#C/C(C(=O)Nc1ccccc1)=C1\CCCO1. The van der Waals surface area contributed by atoms with Gasteiger partial charge in [0.1, 0.15) is 11.8 Å². The summed E-state index contributed by atoms with van der Waals surface area (Å²) < 4.78 is 5.26. The van der Waals surface area contributed by atoms with E-state index in [-0.39, 0.29) is 5.57 Å². The van der Waals surface area contributed by atoms with Crippen molar-refractivity contribution < 1.29 is 9.53 Å². The number of rotatable bonds is 2. The lowest BCUT2D eigenvalue weighted by Gasteiger charge is -2.05. The van der Waals surface area contributed by atoms with E-state index in [1.54, 1.807) is 12.1 Å². The number of nitrogens with one attached hydrogen (secondary N) is 1. The number of anilines is 1. The Morgan fingerprint density at radius 3 is 2.71 bits per heavy atom. The van der Waals surface area contributed by atoms with Crippen LogP contribution in [0.15, 0.2) is 41.7 Å². The van der Waals surface area contributed by atoms with Gasteiger partial charge in [-0.3, -0.25) is 4.79 Å². The molecule has 0 aliphatic carbocycles. The molecule has 0 aromatic heterocycles. The fourth-order valence-corrected chi connectivity index (χ4v) is 1.65. The van der Waals surface area contributed by atoms with Crippen molar-refractivity contribution in [2.24, 2.45) is 0 Å². The van der Waals surface area contributed by atoms with E-state index in [2.05, 4.69) is 5.32 Å². The van der Waals surface area contributed by atoms with Gasteiger partial charge in [0.25, 0.3) is 5.91 Å². The van der Waals surface area contributed by atoms with Crippen molar-refractivity contribution in [2.45, 2.75) is 12.8 Å². The van der Waals surface area contributed by atoms with Crippen molar-refractivity contribution >= 4 is 11.6 Å². The second kappa shape index (κ2) is 5.17. The summed E-state index contributed by atoms with van der Waals surface area (Å²) in [6.45, 7) is 0.582. The van der Waals surface area contributed by atoms with Crippen molar-refractivity contribution in [1.29, 1.82) is 5.26 Å². The highest BCUT2D eigenvalue weighted by atomic mass is 16.5. The Labute approximate surface area is 99.5 Å². The number of nitrogens with zero attached hydrogens (tertiary/aromatic N) is 1. The van der Waals surface area contributed by atoms with Crippen LogP contribution in [0.4, 0.5) is 5.69 Å². The van der Waals surface area contributed by atoms with Crippen molar-refractivity contribution in [3.05, 3.63) is 41.7 Å². The number of hydrogen-bond acceptors (Lipinski definition) is 3. The third-order valence-corrected chi connectivity index (χ3v) is 2.47. The lowest BCUT2D eigenvalue weighted by molar-refractivity contribution is -0.112. The Hall–Kier alpha value is -2.28. The van der Waals surface area contributed by atoms with Crippen molar-refractivity contribution in [3.8, 4) is 6.07 Å². The molecule has 1 N–H and O–H groups in total. The second-order valence-electron chi connectivity index (χ2n) is 3.68. The van der Waals surface area contributed by atoms with Gasteiger partial charge in [0.15, 0.2) is 5.57 Å². The average Bonchev–Trinajstić information content (AvgIpc) is 2.85. The van der Waals surface area contributed by atoms with E-state index in [0.29, 0.717) is 24.5 Å². The highest BCUT2D eigenvalue weighted by Crippen LogP contribution is 2.21. The van der Waals surface area contributed by atoms with Gasteiger partial charge >= 0.3 is 0 Å². The van der Waals surface area contributed by atoms with E-state index in [1.165, 1.54) is 0 Å². The van der Waals surface area contributed by atoms with Gasteiger partial charge in [0.05, 0.1) is 6.61 Å². The lowest BCUT2D eigenvalue weighted by atomic mass is 10.2. The fourth-order valence-electron chi connectivity index (χ4n) is 1.65. The monoisotopic (exact) mass is 228 g/mol. The van der Waals surface area contributed by atoms with Crippen molar-refractivity contribution in [3.63, 3.8) is 0 Å². The molecular formula is C13H12N2O2. The van der Waals surface area contributed by atoms with Crippen LogP contribution in [-0.4, -0.2) is 12.5 Å². The minimum absolute atomic E-state index is 0.0753. The summed E-state index contributed by atoms with van der Waals surface area (Å²) in [7, 11) is 0. The number of nitriles is 1. The zero-order chi connectivity index (χ0) is 12.1. The van der Waals surface area contributed by atoms with Crippen LogP contribution in [0, 0.1) is 11.3 Å². The highest BCUT2D eigenvalue weighted by molar-refractivity contribution is 6.06. The Morgan fingerprint density at radius 1 is 1.35 bits per heavy atom. The Morgan fingerprint density at radius 2 is 2.12 bits per heavy atom. The molecule has 0 radical (unpaired) electrons. The predicted octanol–water partition coefficient (Wildman–Crippen LogP) is 2.21. The summed E-state index contributed by atoms with van der Waals surface area (Å²) in [5.41, 5.74) is 0.746. The Kier molecular flexibility index (Phi) is 3.41. The van der Waals surface area contributed by atoms with E-state index in [0.717, 1.165) is 6.42 Å². The molecule has 0 atom stereocenters. The molecular weight excluding hydrogens is 216 g/mol. The molecule has 4 heteroatoms. The van der Waals surface area contributed by atoms with Crippen LogP contribution >= 0.6 is 0 Å². The molecule has 1 heterocycles. The van der Waals surface area contributed by atoms with Crippen LogP contribution in [0.25, 0.3) is 0 Å². The van der Waals surface area contributed by atoms with Crippen LogP contribution < -0.4 is 5.32 Å². The topological polar surface area (TPSA) is 62.1 Å². The van der Waals surface area contributed by atoms with Crippen LogP contribution in [0.5, 0.6) is 0 Å². The first-order valence-electron chi connectivity index (χ1n) is 5.43. The number of amides is 1. The summed E-state index contributed by atoms with van der Waals surface area (Å²) in [6, 6.07) is 10.9. The molecule has 0 saturated carbocycles. The molecule has 86 valence electrons. The summed E-state index contributed by atoms with van der Waals surface area (Å²) in [4.78, 5) is 11.9. The maximum atomic E-state index is 11.9. The number of para-hydroxylation sites is 1. The molecule has 1 saturated heterocycles. The lowest BCUT2D eigenvalue weighted by Crippen LogP contribution is -2.15. The third kappa shape index (κ3) is 2.64. The molecule has 1 aliphatic rings. The van der Waals surface area contributed by atoms with E-state index in [9.17, 15) is 4.79 Å². The van der Waals surface area contributed by atoms with E-state index in [1.807, 2.05) is 24.3 Å². The first kappa shape index (κ1) is 11.2. The average molecular weight is 228 g/mol. The predicted molar refractivity (Wildman–Crippen MR) is 62.9 cm³/mol. The van der Waals surface area contributed by atoms with Gasteiger partial charge < -0.3 is 10.1 Å². The standard InChI is InChI=1S/C13H12N2O2/c14-9-11(12-7-4-8-17-12)13(16)15-10-5-2-1-3-6-10/h1-3,5-6H,4,7-8H2,(H,15,16)/b12-11-. The maximum absolute atomic E-state index is 11.9. The first-order valence-corrected chi connectivity index (χ1v) is 5.43. The normalized spacial score (nSPS) is 16.9. The van der Waals surface area contributed by atoms with Gasteiger partial charge in [-0.05, 0) is 18.6 Å². The number of benzene rings is 1. The molecule has 1 aliphatic heterocycles. The minimum atomic E-state index is -0.407. The molecule has 0 spiro atoms. The summed E-state index contributed by atoms with van der Waals surface area (Å²) in [6.07, 6.45) is 1.52. The molecule has 1 amide bonds. The third-order valence-electron chi connectivity index (χ3n) is 2.47. The zero-order valence-corrected chi connectivity index (χ0v) is 9.27. The molecule has 1 aromatic carbocycles. The largest absolute Gasteiger partial charge is 0.496 e. The minimum Gasteiger partial charge on any atom is -0.496 e. The molecule has 0 bridgehead atoms. The molecule has 2 rings (SSSR count). The smallest absolute Gasteiger partial charge is 0.269 e. The van der Waals surface area contributed by atoms with E-state index >= 15 is 0 Å². The van der Waals surface area contributed by atoms with Crippen LogP contribution in [0.3, 0.4) is 0 Å². The maximum Gasteiger partial charge on any atom is 0.269 e.